The van der Waals surface area contributed by atoms with Gasteiger partial charge in [0.15, 0.2) is 0 Å². The highest BCUT2D eigenvalue weighted by molar-refractivity contribution is 5.85. The van der Waals surface area contributed by atoms with Crippen LogP contribution in [0.5, 0.6) is 5.75 Å². The van der Waals surface area contributed by atoms with E-state index in [0.717, 1.165) is 11.3 Å². The number of nitrogens with one attached hydrogen (secondary N) is 1. The molecule has 92 valence electrons. The topological polar surface area (TPSA) is 50.1 Å². The molecule has 1 aromatic carbocycles. The largest absolute Gasteiger partial charge is 0.508 e. The summed E-state index contributed by atoms with van der Waals surface area (Å²) in [5.74, 6) is 0.330. The van der Waals surface area contributed by atoms with Crippen LogP contribution in [-0.2, 0) is 20.1 Å². The van der Waals surface area contributed by atoms with Crippen molar-refractivity contribution in [2.45, 2.75) is 13.1 Å². The molecule has 17 heavy (non-hydrogen) atoms. The molecule has 0 saturated heterocycles. The van der Waals surface area contributed by atoms with Gasteiger partial charge in [0, 0.05) is 31.9 Å². The molecule has 2 N–H and O–H groups in total. The van der Waals surface area contributed by atoms with Crippen LogP contribution in [-0.4, -0.2) is 14.9 Å². The smallest absolute Gasteiger partial charge is 0.120 e. The SMILES string of the molecule is Cl.Cn1ccc(CNCc2ccccc2O)n1. The molecule has 0 aliphatic carbocycles. The minimum atomic E-state index is 0. The Balaban J connectivity index is 0.00000144. The van der Waals surface area contributed by atoms with E-state index in [-0.39, 0.29) is 12.4 Å². The van der Waals surface area contributed by atoms with Gasteiger partial charge in [0.25, 0.3) is 0 Å². The van der Waals surface area contributed by atoms with Gasteiger partial charge in [-0.2, -0.15) is 5.10 Å². The van der Waals surface area contributed by atoms with Crippen LogP contribution in [0.2, 0.25) is 0 Å². The second-order valence-corrected chi connectivity index (χ2v) is 3.71. The predicted molar refractivity (Wildman–Crippen MR) is 69.1 cm³/mol. The first-order chi connectivity index (χ1) is 7.75. The molecule has 1 aromatic heterocycles. The summed E-state index contributed by atoms with van der Waals surface area (Å²) in [6.07, 6.45) is 1.91. The van der Waals surface area contributed by atoms with E-state index in [2.05, 4.69) is 10.4 Å². The maximum Gasteiger partial charge on any atom is 0.120 e. The Bertz CT molecular complexity index is 470. The van der Waals surface area contributed by atoms with Crippen molar-refractivity contribution in [1.29, 1.82) is 0 Å². The number of para-hydroxylation sites is 1. The minimum Gasteiger partial charge on any atom is -0.508 e. The lowest BCUT2D eigenvalue weighted by molar-refractivity contribution is 0.464. The Morgan fingerprint density at radius 1 is 1.24 bits per heavy atom. The van der Waals surface area contributed by atoms with Crippen LogP contribution >= 0.6 is 12.4 Å². The average Bonchev–Trinajstić information content (AvgIpc) is 2.67. The second kappa shape index (κ2) is 6.27. The summed E-state index contributed by atoms with van der Waals surface area (Å²) in [4.78, 5) is 0. The van der Waals surface area contributed by atoms with Crippen LogP contribution in [0.4, 0.5) is 0 Å². The summed E-state index contributed by atoms with van der Waals surface area (Å²) in [6, 6.07) is 9.30. The fourth-order valence-corrected chi connectivity index (χ4v) is 1.54. The molecular formula is C12H16ClN3O. The van der Waals surface area contributed by atoms with Crippen LogP contribution in [0.25, 0.3) is 0 Å². The highest BCUT2D eigenvalue weighted by Crippen LogP contribution is 2.14. The number of nitrogens with zero attached hydrogens (tertiary/aromatic N) is 2. The molecule has 2 aromatic rings. The van der Waals surface area contributed by atoms with E-state index >= 15 is 0 Å². The Morgan fingerprint density at radius 3 is 2.65 bits per heavy atom. The van der Waals surface area contributed by atoms with Crippen molar-refractivity contribution in [3.8, 4) is 5.75 Å². The first kappa shape index (κ1) is 13.5. The normalized spacial score (nSPS) is 9.94. The average molecular weight is 254 g/mol. The maximum absolute atomic E-state index is 9.55. The number of hydrogen-bond acceptors (Lipinski definition) is 3. The van der Waals surface area contributed by atoms with Gasteiger partial charge in [-0.3, -0.25) is 4.68 Å². The number of halogens is 1. The van der Waals surface area contributed by atoms with E-state index in [4.69, 9.17) is 0 Å². The zero-order valence-electron chi connectivity index (χ0n) is 9.63. The highest BCUT2D eigenvalue weighted by Gasteiger charge is 2.00. The van der Waals surface area contributed by atoms with E-state index in [9.17, 15) is 5.11 Å². The zero-order chi connectivity index (χ0) is 11.4. The van der Waals surface area contributed by atoms with E-state index in [1.54, 1.807) is 10.7 Å². The zero-order valence-corrected chi connectivity index (χ0v) is 10.4. The van der Waals surface area contributed by atoms with Crippen LogP contribution in [0.15, 0.2) is 36.5 Å². The summed E-state index contributed by atoms with van der Waals surface area (Å²) in [5.41, 5.74) is 1.90. The number of aryl methyl sites for hydroxylation is 1. The lowest BCUT2D eigenvalue weighted by atomic mass is 10.2. The summed E-state index contributed by atoms with van der Waals surface area (Å²) < 4.78 is 1.77. The van der Waals surface area contributed by atoms with Gasteiger partial charge in [-0.15, -0.1) is 12.4 Å². The Labute approximate surface area is 107 Å². The van der Waals surface area contributed by atoms with Gasteiger partial charge in [-0.05, 0) is 12.1 Å². The molecule has 2 rings (SSSR count). The Morgan fingerprint density at radius 2 is 2.00 bits per heavy atom. The number of phenolic OH excluding ortho intramolecular Hbond substituents is 1. The number of aromatic hydroxyl groups is 1. The fourth-order valence-electron chi connectivity index (χ4n) is 1.54. The van der Waals surface area contributed by atoms with Gasteiger partial charge in [-0.25, -0.2) is 0 Å². The standard InChI is InChI=1S/C12H15N3O.ClH/c1-15-7-6-11(14-15)9-13-8-10-4-2-3-5-12(10)16;/h2-7,13,16H,8-9H2,1H3;1H. The number of hydrogen-bond donors (Lipinski definition) is 2. The molecule has 0 atom stereocenters. The van der Waals surface area contributed by atoms with E-state index in [1.807, 2.05) is 37.5 Å². The molecule has 0 fully saturated rings. The van der Waals surface area contributed by atoms with E-state index < -0.39 is 0 Å². The minimum absolute atomic E-state index is 0. The number of rotatable bonds is 4. The van der Waals surface area contributed by atoms with E-state index in [1.165, 1.54) is 0 Å². The summed E-state index contributed by atoms with van der Waals surface area (Å²) in [5, 5.41) is 17.0. The van der Waals surface area contributed by atoms with Gasteiger partial charge in [0.2, 0.25) is 0 Å². The van der Waals surface area contributed by atoms with Crippen molar-refractivity contribution in [2.24, 2.45) is 7.05 Å². The van der Waals surface area contributed by atoms with Crippen molar-refractivity contribution in [3.05, 3.63) is 47.8 Å². The molecule has 0 radical (unpaired) electrons. The molecule has 0 saturated carbocycles. The van der Waals surface area contributed by atoms with Gasteiger partial charge in [-0.1, -0.05) is 18.2 Å². The number of benzene rings is 1. The quantitative estimate of drug-likeness (QED) is 0.874. The summed E-state index contributed by atoms with van der Waals surface area (Å²) in [6.45, 7) is 1.35. The van der Waals surface area contributed by atoms with Crippen molar-refractivity contribution in [2.75, 3.05) is 0 Å². The van der Waals surface area contributed by atoms with Gasteiger partial charge in [0.05, 0.1) is 5.69 Å². The van der Waals surface area contributed by atoms with Crippen molar-refractivity contribution in [3.63, 3.8) is 0 Å². The molecule has 0 aliphatic rings. The van der Waals surface area contributed by atoms with Crippen LogP contribution in [0, 0.1) is 0 Å². The first-order valence-corrected chi connectivity index (χ1v) is 5.22. The Hall–Kier alpha value is -1.52. The monoisotopic (exact) mass is 253 g/mol. The van der Waals surface area contributed by atoms with Gasteiger partial charge in [0.1, 0.15) is 5.75 Å². The van der Waals surface area contributed by atoms with Crippen LogP contribution in [0.1, 0.15) is 11.3 Å². The van der Waals surface area contributed by atoms with E-state index in [0.29, 0.717) is 18.8 Å². The predicted octanol–water partition coefficient (Wildman–Crippen LogP) is 1.84. The van der Waals surface area contributed by atoms with Crippen LogP contribution < -0.4 is 5.32 Å². The molecule has 1 heterocycles. The summed E-state index contributed by atoms with van der Waals surface area (Å²) >= 11 is 0. The Kier molecular flexibility index (Phi) is 5.00. The maximum atomic E-state index is 9.55. The number of aromatic nitrogens is 2. The van der Waals surface area contributed by atoms with Crippen molar-refractivity contribution < 1.29 is 5.11 Å². The highest BCUT2D eigenvalue weighted by atomic mass is 35.5. The third-order valence-electron chi connectivity index (χ3n) is 2.38. The molecular weight excluding hydrogens is 238 g/mol. The van der Waals surface area contributed by atoms with Gasteiger partial charge < -0.3 is 10.4 Å². The lowest BCUT2D eigenvalue weighted by Crippen LogP contribution is -2.13. The second-order valence-electron chi connectivity index (χ2n) is 3.71. The van der Waals surface area contributed by atoms with Crippen LogP contribution in [0.3, 0.4) is 0 Å². The summed E-state index contributed by atoms with van der Waals surface area (Å²) in [7, 11) is 1.90. The number of phenols is 1. The van der Waals surface area contributed by atoms with Gasteiger partial charge >= 0.3 is 0 Å². The van der Waals surface area contributed by atoms with Crippen molar-refractivity contribution >= 4 is 12.4 Å². The van der Waals surface area contributed by atoms with Crippen molar-refractivity contribution in [1.82, 2.24) is 15.1 Å². The third kappa shape index (κ3) is 3.76. The molecule has 4 nitrogen and oxygen atoms in total. The first-order valence-electron chi connectivity index (χ1n) is 5.22. The molecule has 0 spiro atoms. The lowest BCUT2D eigenvalue weighted by Gasteiger charge is -2.04. The third-order valence-corrected chi connectivity index (χ3v) is 2.38. The molecule has 0 bridgehead atoms. The molecule has 0 unspecified atom stereocenters. The fraction of sp³-hybridized carbons (Fsp3) is 0.250. The molecule has 0 aliphatic heterocycles. The molecule has 5 heteroatoms. The molecule has 0 amide bonds.